The second-order valence-corrected chi connectivity index (χ2v) is 12.9. The van der Waals surface area contributed by atoms with Crippen molar-refractivity contribution in [2.45, 2.75) is 56.0 Å². The summed E-state index contributed by atoms with van der Waals surface area (Å²) in [6.07, 6.45) is -2.26. The van der Waals surface area contributed by atoms with E-state index in [0.29, 0.717) is 53.1 Å². The molecule has 14 heteroatoms. The first kappa shape index (κ1) is 34.1. The highest BCUT2D eigenvalue weighted by Crippen LogP contribution is 2.31. The van der Waals surface area contributed by atoms with E-state index in [0.717, 1.165) is 40.9 Å². The van der Waals surface area contributed by atoms with Gasteiger partial charge in [-0.15, -0.1) is 10.2 Å². The zero-order valence-electron chi connectivity index (χ0n) is 26.5. The minimum atomic E-state index is -4.41. The summed E-state index contributed by atoms with van der Waals surface area (Å²) in [6.45, 7) is 0.585. The van der Waals surface area contributed by atoms with Gasteiger partial charge >= 0.3 is 12.1 Å². The van der Waals surface area contributed by atoms with Gasteiger partial charge in [-0.25, -0.2) is 4.39 Å². The maximum atomic E-state index is 13.5. The second-order valence-electron chi connectivity index (χ2n) is 11.9. The number of alkyl halides is 3. The molecule has 0 unspecified atom stereocenters. The topological polar surface area (TPSA) is 106 Å². The van der Waals surface area contributed by atoms with E-state index in [9.17, 15) is 32.3 Å². The molecule has 0 saturated carbocycles. The van der Waals surface area contributed by atoms with Crippen molar-refractivity contribution in [3.63, 3.8) is 0 Å². The Labute approximate surface area is 283 Å². The fourth-order valence-corrected chi connectivity index (χ4v) is 6.85. The van der Waals surface area contributed by atoms with Crippen LogP contribution < -0.4 is 5.56 Å². The summed E-state index contributed by atoms with van der Waals surface area (Å²) >= 11 is 1.38. The van der Waals surface area contributed by atoms with Crippen LogP contribution in [-0.2, 0) is 49.2 Å². The molecule has 2 heterocycles. The highest BCUT2D eigenvalue weighted by Gasteiger charge is 2.30. The first-order chi connectivity index (χ1) is 23.4. The highest BCUT2D eigenvalue weighted by atomic mass is 32.2. The number of rotatable bonds is 12. The fourth-order valence-electron chi connectivity index (χ4n) is 5.88. The highest BCUT2D eigenvalue weighted by molar-refractivity contribution is 7.98. The predicted molar refractivity (Wildman–Crippen MR) is 176 cm³/mol. The number of carboxylic acid groups (broad SMARTS) is 1. The molecule has 3 aromatic carbocycles. The number of carboxylic acids is 1. The van der Waals surface area contributed by atoms with Crippen LogP contribution in [0.2, 0.25) is 0 Å². The zero-order chi connectivity index (χ0) is 34.7. The third-order valence-corrected chi connectivity index (χ3v) is 9.39. The van der Waals surface area contributed by atoms with Crippen molar-refractivity contribution < 1.29 is 27.5 Å². The molecule has 5 aromatic rings. The van der Waals surface area contributed by atoms with Gasteiger partial charge in [-0.1, -0.05) is 60.3 Å². The summed E-state index contributed by atoms with van der Waals surface area (Å²) in [5, 5.41) is 18.8. The normalized spacial score (nSPS) is 12.9. The number of fused-ring (bicyclic) bond motifs is 1. The Morgan fingerprint density at radius 3 is 2.16 bits per heavy atom. The van der Waals surface area contributed by atoms with Crippen molar-refractivity contribution in [3.8, 4) is 11.1 Å². The van der Waals surface area contributed by atoms with Gasteiger partial charge < -0.3 is 14.2 Å². The lowest BCUT2D eigenvalue weighted by molar-refractivity contribution is -0.138. The van der Waals surface area contributed by atoms with Crippen LogP contribution >= 0.6 is 11.8 Å². The summed E-state index contributed by atoms with van der Waals surface area (Å²) in [5.74, 6) is 0.268. The van der Waals surface area contributed by atoms with Crippen LogP contribution in [0, 0.1) is 5.82 Å². The number of benzene rings is 3. The van der Waals surface area contributed by atoms with Gasteiger partial charge in [0.25, 0.3) is 5.56 Å². The van der Waals surface area contributed by atoms with Crippen molar-refractivity contribution in [2.24, 2.45) is 0 Å². The summed E-state index contributed by atoms with van der Waals surface area (Å²) < 4.78 is 56.6. The van der Waals surface area contributed by atoms with Crippen LogP contribution in [0.25, 0.3) is 11.1 Å². The van der Waals surface area contributed by atoms with Gasteiger partial charge in [0, 0.05) is 17.0 Å². The number of carbonyl (C=O) groups is 1. The van der Waals surface area contributed by atoms with Crippen molar-refractivity contribution in [1.29, 1.82) is 0 Å². The zero-order valence-corrected chi connectivity index (χ0v) is 27.3. The molecule has 49 heavy (non-hydrogen) atoms. The van der Waals surface area contributed by atoms with E-state index in [2.05, 4.69) is 15.2 Å². The van der Waals surface area contributed by atoms with Crippen LogP contribution in [-0.4, -0.2) is 53.9 Å². The molecular weight excluding hydrogens is 660 g/mol. The van der Waals surface area contributed by atoms with Gasteiger partial charge in [-0.05, 0) is 72.8 Å². The van der Waals surface area contributed by atoms with Gasteiger partial charge in [-0.3, -0.25) is 14.5 Å². The molecule has 0 fully saturated rings. The van der Waals surface area contributed by atoms with Gasteiger partial charge in [0.1, 0.15) is 11.6 Å². The quantitative estimate of drug-likeness (QED) is 0.0957. The number of hydrogen-bond donors (Lipinski definition) is 1. The van der Waals surface area contributed by atoms with Crippen LogP contribution in [0.15, 0.2) is 82.7 Å². The van der Waals surface area contributed by atoms with E-state index in [1.165, 1.54) is 36.0 Å². The summed E-state index contributed by atoms with van der Waals surface area (Å²) in [4.78, 5) is 30.4. The molecule has 0 radical (unpaired) electrons. The number of aliphatic carboxylic acids is 1. The summed E-state index contributed by atoms with van der Waals surface area (Å²) in [6, 6.07) is 18.6. The smallest absolute Gasteiger partial charge is 0.416 e. The lowest BCUT2D eigenvalue weighted by Crippen LogP contribution is -2.27. The third-order valence-electron chi connectivity index (χ3n) is 8.34. The maximum absolute atomic E-state index is 13.5. The molecule has 2 aromatic heterocycles. The standard InChI is InChI=1S/C35H32F4N6O3S/c1-43(20-32(46)47)18-30-41-42-31(45(30)17-22-5-9-24(10-6-22)25-11-13-26(14-12-25)35(37,38)39)19-44-29-4-2-3-28(29)33(48)40-34(44)49-21-23-7-15-27(36)16-8-23/h5-16H,2-4,17-21H2,1H3,(H,46,47). The molecule has 0 saturated heterocycles. The van der Waals surface area contributed by atoms with E-state index in [4.69, 9.17) is 0 Å². The minimum Gasteiger partial charge on any atom is -0.480 e. The summed E-state index contributed by atoms with van der Waals surface area (Å²) in [7, 11) is 1.67. The Hall–Kier alpha value is -4.82. The first-order valence-electron chi connectivity index (χ1n) is 15.5. The average molecular weight is 693 g/mol. The Balaban J connectivity index is 1.31. The van der Waals surface area contributed by atoms with Gasteiger partial charge in [-0.2, -0.15) is 18.2 Å². The Bertz CT molecular complexity index is 2010. The molecule has 0 bridgehead atoms. The van der Waals surface area contributed by atoms with Gasteiger partial charge in [0.05, 0.1) is 31.7 Å². The molecule has 0 spiro atoms. The minimum absolute atomic E-state index is 0.203. The molecule has 0 aliphatic heterocycles. The molecule has 1 aliphatic carbocycles. The third kappa shape index (κ3) is 8.08. The van der Waals surface area contributed by atoms with Crippen LogP contribution in [0.1, 0.15) is 46.0 Å². The molecule has 0 atom stereocenters. The molecule has 254 valence electrons. The molecular formula is C35H32F4N6O3S. The number of likely N-dealkylation sites (N-methyl/N-ethyl adjacent to an activating group) is 1. The van der Waals surface area contributed by atoms with E-state index >= 15 is 0 Å². The number of aromatic nitrogens is 5. The van der Waals surface area contributed by atoms with Gasteiger partial charge in [0.2, 0.25) is 0 Å². The van der Waals surface area contributed by atoms with E-state index in [1.807, 2.05) is 33.4 Å². The predicted octanol–water partition coefficient (Wildman–Crippen LogP) is 6.05. The number of nitrogens with zero attached hydrogens (tertiary/aromatic N) is 6. The number of hydrogen-bond acceptors (Lipinski definition) is 7. The molecule has 9 nitrogen and oxygen atoms in total. The van der Waals surface area contributed by atoms with E-state index in [1.54, 1.807) is 24.1 Å². The lowest BCUT2D eigenvalue weighted by Gasteiger charge is -2.19. The van der Waals surface area contributed by atoms with Crippen LogP contribution in [0.5, 0.6) is 0 Å². The molecule has 6 rings (SSSR count). The monoisotopic (exact) mass is 692 g/mol. The largest absolute Gasteiger partial charge is 0.480 e. The van der Waals surface area contributed by atoms with E-state index in [-0.39, 0.29) is 31.0 Å². The number of halogens is 4. The van der Waals surface area contributed by atoms with Crippen LogP contribution in [0.4, 0.5) is 17.6 Å². The van der Waals surface area contributed by atoms with Crippen molar-refractivity contribution in [1.82, 2.24) is 29.2 Å². The van der Waals surface area contributed by atoms with E-state index < -0.39 is 17.7 Å². The van der Waals surface area contributed by atoms with Crippen LogP contribution in [0.3, 0.4) is 0 Å². The molecule has 1 aliphatic rings. The number of thioether (sulfide) groups is 1. The Morgan fingerprint density at radius 1 is 0.878 bits per heavy atom. The second kappa shape index (κ2) is 14.3. The van der Waals surface area contributed by atoms with Crippen molar-refractivity contribution in [2.75, 3.05) is 13.6 Å². The van der Waals surface area contributed by atoms with Crippen molar-refractivity contribution in [3.05, 3.63) is 129 Å². The Kier molecular flexibility index (Phi) is 9.97. The van der Waals surface area contributed by atoms with Gasteiger partial charge in [0.15, 0.2) is 11.0 Å². The lowest BCUT2D eigenvalue weighted by atomic mass is 10.0. The fraction of sp³-hybridized carbons (Fsp3) is 0.286. The molecule has 1 N–H and O–H groups in total. The SMILES string of the molecule is CN(CC(=O)O)Cc1nnc(Cn2c(SCc3ccc(F)cc3)nc(=O)c3c2CCC3)n1Cc1ccc(-c2ccc(C(F)(F)F)cc2)cc1. The van der Waals surface area contributed by atoms with Crippen molar-refractivity contribution >= 4 is 17.7 Å². The average Bonchev–Trinajstić information content (AvgIpc) is 3.70. The maximum Gasteiger partial charge on any atom is 0.416 e. The first-order valence-corrected chi connectivity index (χ1v) is 16.5. The Morgan fingerprint density at radius 2 is 1.51 bits per heavy atom. The summed E-state index contributed by atoms with van der Waals surface area (Å²) in [5.41, 5.74) is 3.74. The molecule has 0 amide bonds.